The molecule has 0 N–H and O–H groups in total. The lowest BCUT2D eigenvalue weighted by Gasteiger charge is -2.05. The number of benzene rings is 1. The molecule has 1 rings (SSSR count). The molecular formula is C10H11IO2. The molecule has 70 valence electrons. The van der Waals surface area contributed by atoms with E-state index in [2.05, 4.69) is 27.3 Å². The van der Waals surface area contributed by atoms with E-state index in [1.165, 1.54) is 7.11 Å². The largest absolute Gasteiger partial charge is 0.465 e. The molecule has 0 aliphatic rings. The predicted octanol–water partition coefficient (Wildman–Crippen LogP) is 2.64. The van der Waals surface area contributed by atoms with Gasteiger partial charge in [0.25, 0.3) is 0 Å². The summed E-state index contributed by atoms with van der Waals surface area (Å²) >= 11 is 2.23. The van der Waals surface area contributed by atoms with Crippen molar-refractivity contribution < 1.29 is 9.53 Å². The summed E-state index contributed by atoms with van der Waals surface area (Å²) in [6.07, 6.45) is 0.848. The molecule has 0 radical (unpaired) electrons. The third-order valence-electron chi connectivity index (χ3n) is 1.85. The van der Waals surface area contributed by atoms with Crippen molar-refractivity contribution in [3.8, 4) is 0 Å². The maximum Gasteiger partial charge on any atom is 0.338 e. The summed E-state index contributed by atoms with van der Waals surface area (Å²) in [4.78, 5) is 11.3. The van der Waals surface area contributed by atoms with E-state index < -0.39 is 0 Å². The molecule has 1 aromatic rings. The van der Waals surface area contributed by atoms with Crippen LogP contribution in [0.15, 0.2) is 18.2 Å². The number of carbonyl (C=O) groups excluding carboxylic acids is 1. The van der Waals surface area contributed by atoms with E-state index in [4.69, 9.17) is 0 Å². The molecule has 13 heavy (non-hydrogen) atoms. The first-order valence-corrected chi connectivity index (χ1v) is 5.13. The highest BCUT2D eigenvalue weighted by Gasteiger charge is 2.09. The maximum atomic E-state index is 11.3. The summed E-state index contributed by atoms with van der Waals surface area (Å²) in [5.41, 5.74) is 1.71. The Morgan fingerprint density at radius 2 is 2.23 bits per heavy atom. The Kier molecular flexibility index (Phi) is 3.71. The second-order valence-electron chi connectivity index (χ2n) is 2.65. The van der Waals surface area contributed by atoms with Gasteiger partial charge in [0.15, 0.2) is 0 Å². The molecule has 2 nitrogen and oxygen atoms in total. The van der Waals surface area contributed by atoms with Crippen LogP contribution in [-0.2, 0) is 11.2 Å². The predicted molar refractivity (Wildman–Crippen MR) is 59.9 cm³/mol. The molecular weight excluding hydrogens is 279 g/mol. The number of hydrogen-bond acceptors (Lipinski definition) is 2. The molecule has 0 spiro atoms. The monoisotopic (exact) mass is 290 g/mol. The van der Waals surface area contributed by atoms with E-state index in [0.29, 0.717) is 5.56 Å². The average Bonchev–Trinajstić information content (AvgIpc) is 2.16. The van der Waals surface area contributed by atoms with Gasteiger partial charge in [-0.05, 0) is 52.8 Å². The van der Waals surface area contributed by atoms with Crippen molar-refractivity contribution in [2.75, 3.05) is 7.11 Å². The first kappa shape index (κ1) is 10.5. The molecule has 1 aromatic carbocycles. The maximum absolute atomic E-state index is 11.3. The summed E-state index contributed by atoms with van der Waals surface area (Å²) in [5, 5.41) is 0. The van der Waals surface area contributed by atoms with Gasteiger partial charge in [0, 0.05) is 3.57 Å². The van der Waals surface area contributed by atoms with Gasteiger partial charge in [0.1, 0.15) is 0 Å². The van der Waals surface area contributed by atoms with Gasteiger partial charge in [-0.2, -0.15) is 0 Å². The van der Waals surface area contributed by atoms with Gasteiger partial charge in [-0.1, -0.05) is 6.92 Å². The van der Waals surface area contributed by atoms with Crippen LogP contribution in [-0.4, -0.2) is 13.1 Å². The van der Waals surface area contributed by atoms with Gasteiger partial charge >= 0.3 is 5.97 Å². The summed E-state index contributed by atoms with van der Waals surface area (Å²) < 4.78 is 5.82. The summed E-state index contributed by atoms with van der Waals surface area (Å²) in [6, 6.07) is 5.73. The van der Waals surface area contributed by atoms with Crippen LogP contribution in [0.25, 0.3) is 0 Å². The third-order valence-corrected chi connectivity index (χ3v) is 2.52. The van der Waals surface area contributed by atoms with Crippen molar-refractivity contribution in [1.82, 2.24) is 0 Å². The van der Waals surface area contributed by atoms with Crippen molar-refractivity contribution in [2.45, 2.75) is 13.3 Å². The van der Waals surface area contributed by atoms with Crippen molar-refractivity contribution in [3.05, 3.63) is 32.9 Å². The molecule has 0 aliphatic carbocycles. The minimum atomic E-state index is -0.256. The Bertz CT molecular complexity index is 321. The Morgan fingerprint density at radius 3 is 2.77 bits per heavy atom. The van der Waals surface area contributed by atoms with Crippen LogP contribution in [0.1, 0.15) is 22.8 Å². The van der Waals surface area contributed by atoms with Crippen LogP contribution in [0.5, 0.6) is 0 Å². The Balaban J connectivity index is 3.13. The lowest BCUT2D eigenvalue weighted by molar-refractivity contribution is 0.0599. The number of hydrogen-bond donors (Lipinski definition) is 0. The van der Waals surface area contributed by atoms with Crippen LogP contribution >= 0.6 is 22.6 Å². The quantitative estimate of drug-likeness (QED) is 0.618. The van der Waals surface area contributed by atoms with E-state index in [0.717, 1.165) is 15.6 Å². The molecule has 0 saturated carbocycles. The first-order chi connectivity index (χ1) is 6.19. The Morgan fingerprint density at radius 1 is 1.54 bits per heavy atom. The number of methoxy groups -OCH3 is 1. The lowest BCUT2D eigenvalue weighted by Crippen LogP contribution is -2.05. The van der Waals surface area contributed by atoms with Gasteiger partial charge in [-0.3, -0.25) is 0 Å². The van der Waals surface area contributed by atoms with Crippen LogP contribution in [0.2, 0.25) is 0 Å². The summed E-state index contributed by atoms with van der Waals surface area (Å²) in [6.45, 7) is 2.03. The number of esters is 1. The average molecular weight is 290 g/mol. The fourth-order valence-electron chi connectivity index (χ4n) is 1.16. The Labute approximate surface area is 91.4 Å². The minimum Gasteiger partial charge on any atom is -0.465 e. The van der Waals surface area contributed by atoms with E-state index in [-0.39, 0.29) is 5.97 Å². The fraction of sp³-hybridized carbons (Fsp3) is 0.300. The zero-order valence-electron chi connectivity index (χ0n) is 7.63. The van der Waals surface area contributed by atoms with Crippen LogP contribution in [0.4, 0.5) is 0 Å². The number of rotatable bonds is 2. The molecule has 0 unspecified atom stereocenters. The standard InChI is InChI=1S/C10H11IO2/c1-3-7-6-8(11)4-5-9(7)10(12)13-2/h4-6H,3H2,1-2H3. The van der Waals surface area contributed by atoms with Crippen LogP contribution in [0, 0.1) is 3.57 Å². The zero-order chi connectivity index (χ0) is 9.84. The van der Waals surface area contributed by atoms with Gasteiger partial charge in [0.2, 0.25) is 0 Å². The Hall–Kier alpha value is -0.580. The molecule has 0 heterocycles. The van der Waals surface area contributed by atoms with Crippen LogP contribution in [0.3, 0.4) is 0 Å². The molecule has 0 aliphatic heterocycles. The van der Waals surface area contributed by atoms with Crippen molar-refractivity contribution in [2.24, 2.45) is 0 Å². The molecule has 0 amide bonds. The molecule has 0 atom stereocenters. The second-order valence-corrected chi connectivity index (χ2v) is 3.89. The molecule has 0 saturated heterocycles. The molecule has 0 bridgehead atoms. The molecule has 0 fully saturated rings. The summed E-state index contributed by atoms with van der Waals surface area (Å²) in [7, 11) is 1.40. The lowest BCUT2D eigenvalue weighted by atomic mass is 10.1. The van der Waals surface area contributed by atoms with E-state index in [9.17, 15) is 4.79 Å². The van der Waals surface area contributed by atoms with Crippen molar-refractivity contribution >= 4 is 28.6 Å². The normalized spacial score (nSPS) is 9.77. The number of carbonyl (C=O) groups is 1. The number of ether oxygens (including phenoxy) is 1. The van der Waals surface area contributed by atoms with Gasteiger partial charge in [0.05, 0.1) is 12.7 Å². The number of halogens is 1. The molecule has 3 heteroatoms. The number of aryl methyl sites for hydroxylation is 1. The minimum absolute atomic E-state index is 0.256. The molecule has 0 aromatic heterocycles. The fourth-order valence-corrected chi connectivity index (χ4v) is 1.72. The topological polar surface area (TPSA) is 26.3 Å². The second kappa shape index (κ2) is 4.60. The highest BCUT2D eigenvalue weighted by atomic mass is 127. The summed E-state index contributed by atoms with van der Waals surface area (Å²) in [5.74, 6) is -0.256. The highest BCUT2D eigenvalue weighted by Crippen LogP contribution is 2.15. The third kappa shape index (κ3) is 2.43. The van der Waals surface area contributed by atoms with Gasteiger partial charge < -0.3 is 4.74 Å². The van der Waals surface area contributed by atoms with Gasteiger partial charge in [-0.15, -0.1) is 0 Å². The van der Waals surface area contributed by atoms with Gasteiger partial charge in [-0.25, -0.2) is 4.79 Å². The van der Waals surface area contributed by atoms with E-state index in [1.807, 2.05) is 25.1 Å². The smallest absolute Gasteiger partial charge is 0.338 e. The zero-order valence-corrected chi connectivity index (χ0v) is 9.79. The SMILES string of the molecule is CCc1cc(I)ccc1C(=O)OC. The van der Waals surface area contributed by atoms with E-state index >= 15 is 0 Å². The first-order valence-electron chi connectivity index (χ1n) is 4.05. The van der Waals surface area contributed by atoms with Crippen LogP contribution < -0.4 is 0 Å². The highest BCUT2D eigenvalue weighted by molar-refractivity contribution is 14.1. The van der Waals surface area contributed by atoms with Crippen molar-refractivity contribution in [3.63, 3.8) is 0 Å². The van der Waals surface area contributed by atoms with Crippen molar-refractivity contribution in [1.29, 1.82) is 0 Å². The van der Waals surface area contributed by atoms with E-state index in [1.54, 1.807) is 0 Å².